The van der Waals surface area contributed by atoms with Gasteiger partial charge in [-0.3, -0.25) is 5.43 Å². The molecular weight excluding hydrogens is 268 g/mol. The van der Waals surface area contributed by atoms with Crippen molar-refractivity contribution in [3.8, 4) is 5.75 Å². The maximum absolute atomic E-state index is 11.1. The molecule has 0 radical (unpaired) electrons. The molecule has 1 aliphatic rings. The Bertz CT molecular complexity index is 468. The lowest BCUT2D eigenvalue weighted by atomic mass is 10.00. The fourth-order valence-corrected chi connectivity index (χ4v) is 2.84. The second-order valence-corrected chi connectivity index (χ2v) is 5.59. The molecule has 116 valence electrons. The number of nitrogens with zero attached hydrogens (tertiary/aromatic N) is 1. The Labute approximate surface area is 125 Å². The van der Waals surface area contributed by atoms with Gasteiger partial charge in [0.2, 0.25) is 0 Å². The molecule has 5 nitrogen and oxygen atoms in total. The van der Waals surface area contributed by atoms with Crippen LogP contribution in [0.5, 0.6) is 5.75 Å². The highest BCUT2D eigenvalue weighted by Crippen LogP contribution is 2.20. The van der Waals surface area contributed by atoms with Crippen LogP contribution >= 0.6 is 0 Å². The average Bonchev–Trinajstić information content (AvgIpc) is 2.46. The minimum atomic E-state index is -0.961. The number of aromatic carboxylic acids is 1. The summed E-state index contributed by atoms with van der Waals surface area (Å²) in [5.74, 6) is -0.539. The molecule has 0 amide bonds. The van der Waals surface area contributed by atoms with Crippen molar-refractivity contribution in [3.63, 3.8) is 0 Å². The van der Waals surface area contributed by atoms with Crippen LogP contribution in [-0.4, -0.2) is 41.3 Å². The van der Waals surface area contributed by atoms with Crippen molar-refractivity contribution in [3.05, 3.63) is 29.8 Å². The van der Waals surface area contributed by atoms with Gasteiger partial charge in [-0.2, -0.15) is 0 Å². The van der Waals surface area contributed by atoms with Gasteiger partial charge < -0.3 is 9.84 Å². The molecule has 0 aliphatic carbocycles. The summed E-state index contributed by atoms with van der Waals surface area (Å²) in [4.78, 5) is 11.1. The number of benzene rings is 1. The van der Waals surface area contributed by atoms with E-state index in [2.05, 4.69) is 24.3 Å². The van der Waals surface area contributed by atoms with Gasteiger partial charge in [0.15, 0.2) is 0 Å². The molecule has 2 N–H and O–H groups in total. The number of nitrogens with one attached hydrogen (secondary N) is 1. The number of carboxylic acid groups (broad SMARTS) is 1. The summed E-state index contributed by atoms with van der Waals surface area (Å²) in [6.45, 7) is 5.56. The lowest BCUT2D eigenvalue weighted by Crippen LogP contribution is -2.52. The Morgan fingerprint density at radius 2 is 2.00 bits per heavy atom. The van der Waals surface area contributed by atoms with E-state index in [1.54, 1.807) is 24.3 Å². The Hall–Kier alpha value is -1.59. The van der Waals surface area contributed by atoms with E-state index in [1.807, 2.05) is 0 Å². The molecule has 1 aromatic carbocycles. The normalized spacial score (nSPS) is 23.0. The number of ether oxygens (including phenoxy) is 1. The third kappa shape index (κ3) is 4.19. The summed E-state index contributed by atoms with van der Waals surface area (Å²) < 4.78 is 5.59. The molecule has 0 spiro atoms. The van der Waals surface area contributed by atoms with Crippen LogP contribution in [0.25, 0.3) is 0 Å². The van der Waals surface area contributed by atoms with Crippen LogP contribution in [0.4, 0.5) is 0 Å². The molecule has 2 rings (SSSR count). The van der Waals surface area contributed by atoms with Gasteiger partial charge in [-0.05, 0) is 38.8 Å². The van der Waals surface area contributed by atoms with Crippen LogP contribution in [0.1, 0.15) is 43.5 Å². The van der Waals surface area contributed by atoms with E-state index < -0.39 is 5.97 Å². The zero-order chi connectivity index (χ0) is 15.2. The Balaban J connectivity index is 1.81. The van der Waals surface area contributed by atoms with Crippen molar-refractivity contribution in [2.24, 2.45) is 0 Å². The monoisotopic (exact) mass is 292 g/mol. The van der Waals surface area contributed by atoms with Gasteiger partial charge in [0.05, 0.1) is 0 Å². The number of para-hydroxylation sites is 1. The highest BCUT2D eigenvalue weighted by atomic mass is 16.5. The number of piperidine rings is 1. The number of hydrazine groups is 1. The van der Waals surface area contributed by atoms with Crippen molar-refractivity contribution >= 4 is 5.97 Å². The summed E-state index contributed by atoms with van der Waals surface area (Å²) >= 11 is 0. The van der Waals surface area contributed by atoms with Gasteiger partial charge in [-0.25, -0.2) is 9.80 Å². The van der Waals surface area contributed by atoms with E-state index in [1.165, 1.54) is 19.3 Å². The highest BCUT2D eigenvalue weighted by Gasteiger charge is 2.23. The zero-order valence-electron chi connectivity index (χ0n) is 12.7. The van der Waals surface area contributed by atoms with Crippen LogP contribution in [-0.2, 0) is 0 Å². The molecular formula is C16H24N2O3. The minimum Gasteiger partial charge on any atom is -0.491 e. The topological polar surface area (TPSA) is 61.8 Å². The lowest BCUT2D eigenvalue weighted by molar-refractivity contribution is 0.0415. The fraction of sp³-hybridized carbons (Fsp3) is 0.562. The van der Waals surface area contributed by atoms with E-state index in [0.717, 1.165) is 0 Å². The van der Waals surface area contributed by atoms with Gasteiger partial charge in [-0.1, -0.05) is 18.6 Å². The van der Waals surface area contributed by atoms with Gasteiger partial charge in [-0.15, -0.1) is 0 Å². The molecule has 21 heavy (non-hydrogen) atoms. The molecule has 0 aromatic heterocycles. The molecule has 5 heteroatoms. The highest BCUT2D eigenvalue weighted by molar-refractivity contribution is 5.90. The first-order chi connectivity index (χ1) is 10.1. The van der Waals surface area contributed by atoms with E-state index >= 15 is 0 Å². The van der Waals surface area contributed by atoms with Crippen molar-refractivity contribution in [1.29, 1.82) is 0 Å². The van der Waals surface area contributed by atoms with E-state index in [9.17, 15) is 4.79 Å². The number of rotatable bonds is 6. The Kier molecular flexibility index (Phi) is 5.59. The van der Waals surface area contributed by atoms with Crippen molar-refractivity contribution in [2.45, 2.75) is 45.2 Å². The number of hydrogen-bond donors (Lipinski definition) is 2. The molecule has 1 aliphatic heterocycles. The first-order valence-electron chi connectivity index (χ1n) is 7.56. The fourth-order valence-electron chi connectivity index (χ4n) is 2.84. The maximum Gasteiger partial charge on any atom is 0.339 e. The van der Waals surface area contributed by atoms with Crippen LogP contribution in [0.2, 0.25) is 0 Å². The zero-order valence-corrected chi connectivity index (χ0v) is 12.7. The molecule has 1 saturated heterocycles. The van der Waals surface area contributed by atoms with Gasteiger partial charge >= 0.3 is 5.97 Å². The van der Waals surface area contributed by atoms with E-state index in [4.69, 9.17) is 9.84 Å². The lowest BCUT2D eigenvalue weighted by Gasteiger charge is -2.39. The van der Waals surface area contributed by atoms with Crippen LogP contribution in [0.3, 0.4) is 0 Å². The summed E-state index contributed by atoms with van der Waals surface area (Å²) in [6.07, 6.45) is 3.70. The Morgan fingerprint density at radius 3 is 2.67 bits per heavy atom. The molecule has 2 unspecified atom stereocenters. The minimum absolute atomic E-state index is 0.206. The van der Waals surface area contributed by atoms with Gasteiger partial charge in [0.1, 0.15) is 17.9 Å². The van der Waals surface area contributed by atoms with Crippen molar-refractivity contribution < 1.29 is 14.6 Å². The van der Waals surface area contributed by atoms with Gasteiger partial charge in [0.25, 0.3) is 0 Å². The van der Waals surface area contributed by atoms with Crippen LogP contribution in [0.15, 0.2) is 24.3 Å². The van der Waals surface area contributed by atoms with Crippen LogP contribution in [0, 0.1) is 0 Å². The SMILES string of the molecule is CC1CCCC(C)N1NCCOc1ccccc1C(=O)O. The molecule has 2 atom stereocenters. The van der Waals surface area contributed by atoms with E-state index in [-0.39, 0.29) is 5.56 Å². The summed E-state index contributed by atoms with van der Waals surface area (Å²) in [6, 6.07) is 7.78. The van der Waals surface area contributed by atoms with Crippen molar-refractivity contribution in [2.75, 3.05) is 13.2 Å². The number of hydrogen-bond acceptors (Lipinski definition) is 4. The predicted octanol–water partition coefficient (Wildman–Crippen LogP) is 2.53. The molecule has 0 bridgehead atoms. The number of carbonyl (C=O) groups is 1. The second-order valence-electron chi connectivity index (χ2n) is 5.59. The molecule has 1 aromatic rings. The third-order valence-electron chi connectivity index (χ3n) is 3.97. The largest absolute Gasteiger partial charge is 0.491 e. The summed E-state index contributed by atoms with van der Waals surface area (Å²) in [5, 5.41) is 11.4. The van der Waals surface area contributed by atoms with Crippen LogP contribution < -0.4 is 10.2 Å². The quantitative estimate of drug-likeness (QED) is 0.789. The Morgan fingerprint density at radius 1 is 1.33 bits per heavy atom. The number of carboxylic acids is 1. The first-order valence-corrected chi connectivity index (χ1v) is 7.56. The predicted molar refractivity (Wildman–Crippen MR) is 81.5 cm³/mol. The standard InChI is InChI=1S/C16H24N2O3/c1-12-6-5-7-13(2)18(12)17-10-11-21-15-9-4-3-8-14(15)16(19)20/h3-4,8-9,12-13,17H,5-7,10-11H2,1-2H3,(H,19,20). The average molecular weight is 292 g/mol. The molecule has 0 saturated carbocycles. The van der Waals surface area contributed by atoms with Gasteiger partial charge in [0, 0.05) is 18.6 Å². The molecule has 1 fully saturated rings. The maximum atomic E-state index is 11.1. The third-order valence-corrected chi connectivity index (χ3v) is 3.97. The van der Waals surface area contributed by atoms with E-state index in [0.29, 0.717) is 31.0 Å². The smallest absolute Gasteiger partial charge is 0.339 e. The second kappa shape index (κ2) is 7.43. The summed E-state index contributed by atoms with van der Waals surface area (Å²) in [7, 11) is 0. The first kappa shape index (κ1) is 15.8. The molecule has 1 heterocycles. The van der Waals surface area contributed by atoms with Crippen molar-refractivity contribution in [1.82, 2.24) is 10.4 Å². The summed E-state index contributed by atoms with van der Waals surface area (Å²) in [5.41, 5.74) is 3.61.